The highest BCUT2D eigenvalue weighted by Gasteiger charge is 2.16. The van der Waals surface area contributed by atoms with Gasteiger partial charge in [0.25, 0.3) is 5.91 Å². The molecule has 0 aliphatic carbocycles. The van der Waals surface area contributed by atoms with Crippen molar-refractivity contribution in [2.24, 2.45) is 0 Å². The molecule has 0 aromatic heterocycles. The number of anilines is 1. The molecule has 1 aliphatic heterocycles. The molecule has 1 saturated heterocycles. The summed E-state index contributed by atoms with van der Waals surface area (Å²) in [6.45, 7) is 3.08. The van der Waals surface area contributed by atoms with E-state index in [2.05, 4.69) is 5.32 Å². The molecule has 3 rings (SSSR count). The van der Waals surface area contributed by atoms with Crippen LogP contribution in [-0.4, -0.2) is 25.2 Å². The van der Waals surface area contributed by atoms with Gasteiger partial charge in [-0.2, -0.15) is 0 Å². The van der Waals surface area contributed by atoms with Crippen molar-refractivity contribution in [1.29, 1.82) is 0 Å². The van der Waals surface area contributed by atoms with Crippen LogP contribution >= 0.6 is 0 Å². The van der Waals surface area contributed by atoms with Crippen molar-refractivity contribution in [1.82, 2.24) is 0 Å². The van der Waals surface area contributed by atoms with Crippen LogP contribution in [0.25, 0.3) is 0 Å². The molecule has 1 amide bonds. The van der Waals surface area contributed by atoms with Crippen molar-refractivity contribution >= 4 is 11.6 Å². The highest BCUT2D eigenvalue weighted by Crippen LogP contribution is 2.19. The van der Waals surface area contributed by atoms with E-state index in [9.17, 15) is 9.18 Å². The van der Waals surface area contributed by atoms with Gasteiger partial charge in [0.15, 0.2) is 0 Å². The number of hydrogen-bond acceptors (Lipinski definition) is 3. The second kappa shape index (κ2) is 7.45. The van der Waals surface area contributed by atoms with Crippen LogP contribution in [0.2, 0.25) is 0 Å². The lowest BCUT2D eigenvalue weighted by molar-refractivity contribution is 0.0679. The lowest BCUT2D eigenvalue weighted by Gasteiger charge is -2.12. The summed E-state index contributed by atoms with van der Waals surface area (Å²) in [6.07, 6.45) is 2.27. The van der Waals surface area contributed by atoms with Crippen molar-refractivity contribution in [3.63, 3.8) is 0 Å². The summed E-state index contributed by atoms with van der Waals surface area (Å²) in [4.78, 5) is 12.3. The number of rotatable bonds is 5. The molecular weight excluding hydrogens is 309 g/mol. The zero-order valence-electron chi connectivity index (χ0n) is 13.5. The molecule has 0 spiro atoms. The van der Waals surface area contributed by atoms with Crippen LogP contribution in [0.15, 0.2) is 42.5 Å². The van der Waals surface area contributed by atoms with E-state index in [0.717, 1.165) is 19.4 Å². The van der Waals surface area contributed by atoms with E-state index >= 15 is 0 Å². The number of aryl methyl sites for hydroxylation is 1. The Morgan fingerprint density at radius 1 is 1.29 bits per heavy atom. The minimum Gasteiger partial charge on any atom is -0.491 e. The highest BCUT2D eigenvalue weighted by molar-refractivity contribution is 6.04. The Hall–Kier alpha value is -2.40. The van der Waals surface area contributed by atoms with Gasteiger partial charge in [-0.25, -0.2) is 4.39 Å². The summed E-state index contributed by atoms with van der Waals surface area (Å²) < 4.78 is 24.3. The van der Waals surface area contributed by atoms with E-state index < -0.39 is 0 Å². The molecule has 4 nitrogen and oxygen atoms in total. The van der Waals surface area contributed by atoms with Gasteiger partial charge in [-0.05, 0) is 67.8 Å². The summed E-state index contributed by atoms with van der Waals surface area (Å²) in [6, 6.07) is 11.2. The molecule has 2 aromatic rings. The minimum atomic E-state index is -0.321. The fourth-order valence-electron chi connectivity index (χ4n) is 2.63. The molecule has 1 heterocycles. The number of ether oxygens (including phenoxy) is 2. The Labute approximate surface area is 140 Å². The molecule has 126 valence electrons. The van der Waals surface area contributed by atoms with Crippen molar-refractivity contribution in [2.75, 3.05) is 18.5 Å². The van der Waals surface area contributed by atoms with Gasteiger partial charge < -0.3 is 14.8 Å². The number of amides is 1. The van der Waals surface area contributed by atoms with Crippen LogP contribution in [0.5, 0.6) is 5.75 Å². The lowest BCUT2D eigenvalue weighted by Crippen LogP contribution is -2.16. The summed E-state index contributed by atoms with van der Waals surface area (Å²) in [5.41, 5.74) is 1.79. The maximum atomic E-state index is 13.1. The second-order valence-electron chi connectivity index (χ2n) is 5.88. The first-order valence-corrected chi connectivity index (χ1v) is 8.04. The number of nitrogens with one attached hydrogen (secondary N) is 1. The molecular formula is C19H20FNO3. The molecule has 24 heavy (non-hydrogen) atoms. The Bertz CT molecular complexity index is 709. The SMILES string of the molecule is Cc1cc(F)ccc1NC(=O)c1ccc(OCC2CCCO2)cc1. The largest absolute Gasteiger partial charge is 0.491 e. The van der Waals surface area contributed by atoms with E-state index in [1.807, 2.05) is 0 Å². The van der Waals surface area contributed by atoms with Gasteiger partial charge in [-0.1, -0.05) is 0 Å². The standard InChI is InChI=1S/C19H20FNO3/c1-13-11-15(20)6-9-18(13)21-19(22)14-4-7-16(8-5-14)24-12-17-3-2-10-23-17/h4-9,11,17H,2-3,10,12H2,1H3,(H,21,22). The van der Waals surface area contributed by atoms with E-state index in [0.29, 0.717) is 29.2 Å². The van der Waals surface area contributed by atoms with Crippen molar-refractivity contribution < 1.29 is 18.7 Å². The van der Waals surface area contributed by atoms with Gasteiger partial charge in [-0.15, -0.1) is 0 Å². The third-order valence-electron chi connectivity index (χ3n) is 4.01. The second-order valence-corrected chi connectivity index (χ2v) is 5.88. The Morgan fingerprint density at radius 2 is 2.08 bits per heavy atom. The molecule has 1 N–H and O–H groups in total. The summed E-state index contributed by atoms with van der Waals surface area (Å²) in [5, 5.41) is 2.78. The summed E-state index contributed by atoms with van der Waals surface area (Å²) >= 11 is 0. The molecule has 5 heteroatoms. The molecule has 1 fully saturated rings. The fraction of sp³-hybridized carbons (Fsp3) is 0.316. The maximum Gasteiger partial charge on any atom is 0.255 e. The van der Waals surface area contributed by atoms with Crippen LogP contribution in [0, 0.1) is 12.7 Å². The number of hydrogen-bond donors (Lipinski definition) is 1. The number of benzene rings is 2. The fourth-order valence-corrected chi connectivity index (χ4v) is 2.63. The van der Waals surface area contributed by atoms with Gasteiger partial charge >= 0.3 is 0 Å². The van der Waals surface area contributed by atoms with E-state index in [4.69, 9.17) is 9.47 Å². The third-order valence-corrected chi connectivity index (χ3v) is 4.01. The van der Waals surface area contributed by atoms with Crippen LogP contribution < -0.4 is 10.1 Å². The molecule has 1 aliphatic rings. The van der Waals surface area contributed by atoms with Crippen molar-refractivity contribution in [2.45, 2.75) is 25.9 Å². The van der Waals surface area contributed by atoms with Gasteiger partial charge in [0.2, 0.25) is 0 Å². The topological polar surface area (TPSA) is 47.6 Å². The maximum absolute atomic E-state index is 13.1. The predicted octanol–water partition coefficient (Wildman–Crippen LogP) is 3.94. The van der Waals surface area contributed by atoms with E-state index in [1.165, 1.54) is 12.1 Å². The van der Waals surface area contributed by atoms with Gasteiger partial charge in [0.1, 0.15) is 18.2 Å². The Morgan fingerprint density at radius 3 is 2.75 bits per heavy atom. The van der Waals surface area contributed by atoms with Crippen LogP contribution in [0.1, 0.15) is 28.8 Å². The summed E-state index contributed by atoms with van der Waals surface area (Å²) in [5.74, 6) is 0.147. The average molecular weight is 329 g/mol. The first-order valence-electron chi connectivity index (χ1n) is 8.04. The smallest absolute Gasteiger partial charge is 0.255 e. The highest BCUT2D eigenvalue weighted by atomic mass is 19.1. The van der Waals surface area contributed by atoms with Crippen LogP contribution in [0.4, 0.5) is 10.1 Å². The molecule has 0 saturated carbocycles. The molecule has 1 atom stereocenters. The van der Waals surface area contributed by atoms with Crippen LogP contribution in [-0.2, 0) is 4.74 Å². The molecule has 1 unspecified atom stereocenters. The zero-order chi connectivity index (χ0) is 16.9. The first-order chi connectivity index (χ1) is 11.6. The summed E-state index contributed by atoms with van der Waals surface area (Å²) in [7, 11) is 0. The number of halogens is 1. The predicted molar refractivity (Wildman–Crippen MR) is 90.0 cm³/mol. The van der Waals surface area contributed by atoms with Gasteiger partial charge in [0.05, 0.1) is 6.10 Å². The number of carbonyl (C=O) groups is 1. The zero-order valence-corrected chi connectivity index (χ0v) is 13.5. The van der Waals surface area contributed by atoms with Gasteiger partial charge in [-0.3, -0.25) is 4.79 Å². The molecule has 0 bridgehead atoms. The average Bonchev–Trinajstić information content (AvgIpc) is 3.09. The quantitative estimate of drug-likeness (QED) is 0.904. The third kappa shape index (κ3) is 4.11. The molecule has 2 aromatic carbocycles. The van der Waals surface area contributed by atoms with E-state index in [-0.39, 0.29) is 17.8 Å². The Balaban J connectivity index is 1.58. The monoisotopic (exact) mass is 329 g/mol. The Kier molecular flexibility index (Phi) is 5.11. The number of carbonyl (C=O) groups excluding carboxylic acids is 1. The molecule has 0 radical (unpaired) electrons. The van der Waals surface area contributed by atoms with Crippen molar-refractivity contribution in [3.8, 4) is 5.75 Å². The minimum absolute atomic E-state index is 0.162. The lowest BCUT2D eigenvalue weighted by atomic mass is 10.1. The van der Waals surface area contributed by atoms with Crippen molar-refractivity contribution in [3.05, 3.63) is 59.4 Å². The van der Waals surface area contributed by atoms with Gasteiger partial charge in [0, 0.05) is 17.9 Å². The first kappa shape index (κ1) is 16.5. The normalized spacial score (nSPS) is 16.8. The van der Waals surface area contributed by atoms with Crippen LogP contribution in [0.3, 0.4) is 0 Å². The van der Waals surface area contributed by atoms with E-state index in [1.54, 1.807) is 37.3 Å².